The van der Waals surface area contributed by atoms with Gasteiger partial charge in [0.25, 0.3) is 0 Å². The average molecular weight is 322 g/mol. The van der Waals surface area contributed by atoms with E-state index in [1.807, 2.05) is 0 Å². The quantitative estimate of drug-likeness (QED) is 0.195. The zero-order valence-corrected chi connectivity index (χ0v) is 11.9. The molecule has 0 amide bonds. The highest BCUT2D eigenvalue weighted by atomic mass is 16.4. The number of rotatable bonds is 13. The number of hydrogen-bond acceptors (Lipinski definition) is 7. The Labute approximate surface area is 126 Å². The molecule has 0 saturated heterocycles. The fourth-order valence-corrected chi connectivity index (χ4v) is 1.67. The Kier molecular flexibility index (Phi) is 10.0. The lowest BCUT2D eigenvalue weighted by molar-refractivity contribution is -0.146. The predicted octanol–water partition coefficient (Wildman–Crippen LogP) is -2.32. The van der Waals surface area contributed by atoms with E-state index in [1.54, 1.807) is 0 Å². The van der Waals surface area contributed by atoms with Crippen molar-refractivity contribution in [2.75, 3.05) is 19.7 Å². The van der Waals surface area contributed by atoms with Crippen LogP contribution in [0.1, 0.15) is 19.3 Å². The van der Waals surface area contributed by atoms with Crippen molar-refractivity contribution in [1.29, 1.82) is 0 Å². The zero-order chi connectivity index (χ0) is 17.1. The standard InChI is InChI=1S/C12H22N2O8/c15-6-3-8(11(19)20)13-4-1-7(10(17)18)14-5-2-9(16)12(21)22/h7-9,13-16H,1-6H2,(H,17,18)(H,19,20)(H,21,22). The van der Waals surface area contributed by atoms with E-state index in [9.17, 15) is 14.4 Å². The maximum Gasteiger partial charge on any atom is 0.332 e. The molecule has 0 aromatic heterocycles. The molecule has 10 nitrogen and oxygen atoms in total. The summed E-state index contributed by atoms with van der Waals surface area (Å²) in [4.78, 5) is 32.2. The minimum atomic E-state index is -1.57. The Balaban J connectivity index is 4.17. The van der Waals surface area contributed by atoms with Crippen LogP contribution in [0.2, 0.25) is 0 Å². The Morgan fingerprint density at radius 2 is 1.23 bits per heavy atom. The highest BCUT2D eigenvalue weighted by Crippen LogP contribution is 1.97. The number of carboxylic acids is 3. The maximum absolute atomic E-state index is 11.0. The van der Waals surface area contributed by atoms with E-state index >= 15 is 0 Å². The third kappa shape index (κ3) is 8.52. The number of carboxylic acid groups (broad SMARTS) is 3. The van der Waals surface area contributed by atoms with Gasteiger partial charge in [-0.05, 0) is 32.4 Å². The molecule has 0 aromatic rings. The van der Waals surface area contributed by atoms with Crippen LogP contribution >= 0.6 is 0 Å². The molecule has 3 unspecified atom stereocenters. The molecule has 0 radical (unpaired) electrons. The zero-order valence-electron chi connectivity index (χ0n) is 11.9. The van der Waals surface area contributed by atoms with Crippen LogP contribution in [0.3, 0.4) is 0 Å². The minimum Gasteiger partial charge on any atom is -0.480 e. The van der Waals surface area contributed by atoms with Gasteiger partial charge in [0.15, 0.2) is 6.10 Å². The maximum atomic E-state index is 11.0. The van der Waals surface area contributed by atoms with E-state index < -0.39 is 36.1 Å². The van der Waals surface area contributed by atoms with Crippen molar-refractivity contribution in [3.8, 4) is 0 Å². The van der Waals surface area contributed by atoms with Gasteiger partial charge in [-0.3, -0.25) is 9.59 Å². The number of aliphatic hydroxyl groups excluding tert-OH is 2. The average Bonchev–Trinajstić information content (AvgIpc) is 2.43. The van der Waals surface area contributed by atoms with Crippen molar-refractivity contribution in [2.24, 2.45) is 0 Å². The van der Waals surface area contributed by atoms with Gasteiger partial charge in [0.05, 0.1) is 0 Å². The Hall–Kier alpha value is -1.75. The molecule has 0 heterocycles. The first-order chi connectivity index (χ1) is 10.3. The van der Waals surface area contributed by atoms with E-state index in [1.165, 1.54) is 0 Å². The Morgan fingerprint density at radius 3 is 1.64 bits per heavy atom. The van der Waals surface area contributed by atoms with Gasteiger partial charge in [-0.2, -0.15) is 0 Å². The van der Waals surface area contributed by atoms with Crippen LogP contribution < -0.4 is 10.6 Å². The molecule has 10 heteroatoms. The topological polar surface area (TPSA) is 176 Å². The molecule has 0 aliphatic heterocycles. The van der Waals surface area contributed by atoms with Crippen LogP contribution in [0.5, 0.6) is 0 Å². The molecular formula is C12H22N2O8. The van der Waals surface area contributed by atoms with Gasteiger partial charge in [-0.15, -0.1) is 0 Å². The van der Waals surface area contributed by atoms with Crippen LogP contribution in [-0.2, 0) is 14.4 Å². The summed E-state index contributed by atoms with van der Waals surface area (Å²) in [6.45, 7) is -0.233. The molecule has 0 aliphatic carbocycles. The van der Waals surface area contributed by atoms with Crippen molar-refractivity contribution in [2.45, 2.75) is 37.5 Å². The van der Waals surface area contributed by atoms with Crippen molar-refractivity contribution >= 4 is 17.9 Å². The fourth-order valence-electron chi connectivity index (χ4n) is 1.67. The van der Waals surface area contributed by atoms with E-state index in [0.29, 0.717) is 0 Å². The molecule has 7 N–H and O–H groups in total. The van der Waals surface area contributed by atoms with Crippen LogP contribution in [0.4, 0.5) is 0 Å². The van der Waals surface area contributed by atoms with E-state index in [-0.39, 0.29) is 39.0 Å². The van der Waals surface area contributed by atoms with Crippen LogP contribution in [0.25, 0.3) is 0 Å². The molecule has 0 bridgehead atoms. The molecule has 3 atom stereocenters. The third-order valence-electron chi connectivity index (χ3n) is 2.93. The first-order valence-corrected chi connectivity index (χ1v) is 6.73. The molecule has 128 valence electrons. The second kappa shape index (κ2) is 10.9. The Bertz CT molecular complexity index is 376. The van der Waals surface area contributed by atoms with Gasteiger partial charge in [0.1, 0.15) is 12.1 Å². The number of carbonyl (C=O) groups is 3. The van der Waals surface area contributed by atoms with E-state index in [2.05, 4.69) is 10.6 Å². The van der Waals surface area contributed by atoms with Gasteiger partial charge >= 0.3 is 17.9 Å². The van der Waals surface area contributed by atoms with Crippen molar-refractivity contribution in [1.82, 2.24) is 10.6 Å². The summed E-state index contributed by atoms with van der Waals surface area (Å²) in [7, 11) is 0. The van der Waals surface area contributed by atoms with Gasteiger partial charge < -0.3 is 36.2 Å². The van der Waals surface area contributed by atoms with Crippen LogP contribution in [0.15, 0.2) is 0 Å². The molecule has 0 aromatic carbocycles. The van der Waals surface area contributed by atoms with Crippen molar-refractivity contribution < 1.29 is 39.9 Å². The van der Waals surface area contributed by atoms with Gasteiger partial charge in [0.2, 0.25) is 0 Å². The number of nitrogens with one attached hydrogen (secondary N) is 2. The largest absolute Gasteiger partial charge is 0.480 e. The summed E-state index contributed by atoms with van der Waals surface area (Å²) in [5.41, 5.74) is 0. The first kappa shape index (κ1) is 20.2. The fraction of sp³-hybridized carbons (Fsp3) is 0.750. The van der Waals surface area contributed by atoms with Crippen LogP contribution in [0, 0.1) is 0 Å². The number of aliphatic hydroxyl groups is 2. The molecular weight excluding hydrogens is 300 g/mol. The highest BCUT2D eigenvalue weighted by molar-refractivity contribution is 5.74. The highest BCUT2D eigenvalue weighted by Gasteiger charge is 2.20. The summed E-state index contributed by atoms with van der Waals surface area (Å²) in [5.74, 6) is -3.69. The van der Waals surface area contributed by atoms with Gasteiger partial charge in [0, 0.05) is 6.61 Å². The molecule has 0 aliphatic rings. The summed E-state index contributed by atoms with van der Waals surface area (Å²) in [6, 6.07) is -1.97. The summed E-state index contributed by atoms with van der Waals surface area (Å²) in [5, 5.41) is 49.3. The lowest BCUT2D eigenvalue weighted by atomic mass is 10.1. The predicted molar refractivity (Wildman–Crippen MR) is 73.4 cm³/mol. The SMILES string of the molecule is O=C(O)C(O)CCNC(CCNC(CCO)C(=O)O)C(=O)O. The Morgan fingerprint density at radius 1 is 0.773 bits per heavy atom. The van der Waals surface area contributed by atoms with E-state index in [4.69, 9.17) is 25.5 Å². The first-order valence-electron chi connectivity index (χ1n) is 6.73. The normalized spacial score (nSPS) is 15.0. The van der Waals surface area contributed by atoms with Crippen LogP contribution in [-0.4, -0.2) is 81.3 Å². The summed E-state index contributed by atoms with van der Waals surface area (Å²) < 4.78 is 0. The lowest BCUT2D eigenvalue weighted by Crippen LogP contribution is -2.44. The molecule has 0 fully saturated rings. The number of hydrogen-bond donors (Lipinski definition) is 7. The molecule has 22 heavy (non-hydrogen) atoms. The minimum absolute atomic E-state index is 0.00526. The monoisotopic (exact) mass is 322 g/mol. The third-order valence-corrected chi connectivity index (χ3v) is 2.93. The lowest BCUT2D eigenvalue weighted by Gasteiger charge is -2.17. The second-order valence-electron chi connectivity index (χ2n) is 4.63. The number of aliphatic carboxylic acids is 3. The molecule has 0 saturated carbocycles. The van der Waals surface area contributed by atoms with E-state index in [0.717, 1.165) is 0 Å². The molecule has 0 rings (SSSR count). The van der Waals surface area contributed by atoms with Gasteiger partial charge in [-0.25, -0.2) is 4.79 Å². The smallest absolute Gasteiger partial charge is 0.332 e. The molecule has 0 spiro atoms. The van der Waals surface area contributed by atoms with Crippen molar-refractivity contribution in [3.63, 3.8) is 0 Å². The van der Waals surface area contributed by atoms with Crippen molar-refractivity contribution in [3.05, 3.63) is 0 Å². The second-order valence-corrected chi connectivity index (χ2v) is 4.63. The summed E-state index contributed by atoms with van der Waals surface area (Å²) in [6.07, 6.45) is -1.64. The summed E-state index contributed by atoms with van der Waals surface area (Å²) >= 11 is 0. The van der Waals surface area contributed by atoms with Gasteiger partial charge in [-0.1, -0.05) is 0 Å².